The van der Waals surface area contributed by atoms with Gasteiger partial charge in [0, 0.05) is 17.5 Å². The van der Waals surface area contributed by atoms with Gasteiger partial charge in [-0.2, -0.15) is 0 Å². The quantitative estimate of drug-likeness (QED) is 0.663. The molecule has 1 aromatic carbocycles. The molecule has 1 saturated carbocycles. The molecule has 3 atom stereocenters. The number of nitrogens with one attached hydrogen (secondary N) is 1. The third-order valence-corrected chi connectivity index (χ3v) is 7.69. The van der Waals surface area contributed by atoms with Gasteiger partial charge in [0.2, 0.25) is 0 Å². The molecule has 3 heterocycles. The highest BCUT2D eigenvalue weighted by atomic mass is 32.1. The topological polar surface area (TPSA) is 49.0 Å². The summed E-state index contributed by atoms with van der Waals surface area (Å²) in [5.74, 6) is 2.55. The molecule has 2 aromatic heterocycles. The molecule has 1 aliphatic heterocycles. The largest absolute Gasteiger partial charge is 0.309 e. The Morgan fingerprint density at radius 1 is 1.14 bits per heavy atom. The van der Waals surface area contributed by atoms with Crippen molar-refractivity contribution in [1.82, 2.24) is 14.9 Å². The number of H-pyrrole nitrogens is 1. The number of hydrogen-bond donors (Lipinski definition) is 1. The minimum Gasteiger partial charge on any atom is -0.309 e. The Morgan fingerprint density at radius 3 is 2.75 bits per heavy atom. The minimum absolute atomic E-state index is 0.0143. The fraction of sp³-hybridized carbons (Fsp3) is 0.478. The average molecular weight is 394 g/mol. The van der Waals surface area contributed by atoms with Gasteiger partial charge in [0.1, 0.15) is 10.7 Å². The van der Waals surface area contributed by atoms with Crippen LogP contribution in [0.5, 0.6) is 0 Å². The van der Waals surface area contributed by atoms with Gasteiger partial charge < -0.3 is 4.98 Å². The Bertz CT molecular complexity index is 1030. The number of thiophene rings is 1. The lowest BCUT2D eigenvalue weighted by Crippen LogP contribution is -2.43. The molecule has 2 fully saturated rings. The molecule has 0 amide bonds. The van der Waals surface area contributed by atoms with E-state index in [1.165, 1.54) is 32.1 Å². The van der Waals surface area contributed by atoms with E-state index in [2.05, 4.69) is 22.2 Å². The smallest absolute Gasteiger partial charge is 0.260 e. The van der Waals surface area contributed by atoms with Crippen molar-refractivity contribution < 1.29 is 0 Å². The van der Waals surface area contributed by atoms with Crippen molar-refractivity contribution in [2.45, 2.75) is 45.1 Å². The summed E-state index contributed by atoms with van der Waals surface area (Å²) in [5, 5.41) is 2.78. The first-order chi connectivity index (χ1) is 13.7. The predicted octanol–water partition coefficient (Wildman–Crippen LogP) is 5.22. The van der Waals surface area contributed by atoms with Crippen LogP contribution in [0.2, 0.25) is 0 Å². The number of piperidine rings is 1. The van der Waals surface area contributed by atoms with Crippen LogP contribution in [0, 0.1) is 11.8 Å². The van der Waals surface area contributed by atoms with Crippen LogP contribution in [-0.4, -0.2) is 28.0 Å². The number of aromatic nitrogens is 2. The third-order valence-electron chi connectivity index (χ3n) is 6.81. The van der Waals surface area contributed by atoms with Crippen molar-refractivity contribution in [2.24, 2.45) is 11.8 Å². The molecule has 0 spiro atoms. The van der Waals surface area contributed by atoms with Crippen LogP contribution in [0.25, 0.3) is 21.3 Å². The SMILES string of the molecule is C[C@H](c1nc2scc(-c3ccccc3)c2c(=O)[nH]1)N1CC[C@H]2CCCC[C@H]2C1. The van der Waals surface area contributed by atoms with Gasteiger partial charge in [-0.1, -0.05) is 49.6 Å². The van der Waals surface area contributed by atoms with E-state index in [1.54, 1.807) is 11.3 Å². The standard InChI is InChI=1S/C23H27N3OS/c1-15(26-12-11-16-7-5-6-10-18(16)13-26)21-24-22(27)20-19(14-28-23(20)25-21)17-8-3-2-4-9-17/h2-4,8-9,14-16,18H,5-7,10-13H2,1H3,(H,24,25,27)/t15-,16-,18+/m1/s1. The number of nitrogens with zero attached hydrogens (tertiary/aromatic N) is 2. The van der Waals surface area contributed by atoms with Crippen LogP contribution in [0.15, 0.2) is 40.5 Å². The Balaban J connectivity index is 1.44. The fourth-order valence-electron chi connectivity index (χ4n) is 5.15. The summed E-state index contributed by atoms with van der Waals surface area (Å²) in [6.45, 7) is 4.45. The summed E-state index contributed by atoms with van der Waals surface area (Å²) >= 11 is 1.57. The van der Waals surface area contributed by atoms with Gasteiger partial charge >= 0.3 is 0 Å². The van der Waals surface area contributed by atoms with E-state index >= 15 is 0 Å². The number of benzene rings is 1. The lowest BCUT2D eigenvalue weighted by molar-refractivity contribution is 0.0591. The Kier molecular flexibility index (Phi) is 4.81. The van der Waals surface area contributed by atoms with E-state index in [0.29, 0.717) is 0 Å². The molecule has 3 aromatic rings. The first-order valence-corrected chi connectivity index (χ1v) is 11.4. The summed E-state index contributed by atoms with van der Waals surface area (Å²) in [6.07, 6.45) is 6.85. The van der Waals surface area contributed by atoms with Crippen molar-refractivity contribution in [3.05, 3.63) is 51.9 Å². The van der Waals surface area contributed by atoms with Crippen molar-refractivity contribution in [3.8, 4) is 11.1 Å². The summed E-state index contributed by atoms with van der Waals surface area (Å²) in [6, 6.07) is 10.3. The molecule has 1 aliphatic carbocycles. The van der Waals surface area contributed by atoms with Gasteiger partial charge in [0.15, 0.2) is 0 Å². The zero-order valence-electron chi connectivity index (χ0n) is 16.4. The number of likely N-dealkylation sites (tertiary alicyclic amines) is 1. The van der Waals surface area contributed by atoms with Crippen LogP contribution in [0.3, 0.4) is 0 Å². The number of rotatable bonds is 3. The monoisotopic (exact) mass is 393 g/mol. The second-order valence-electron chi connectivity index (χ2n) is 8.41. The highest BCUT2D eigenvalue weighted by Crippen LogP contribution is 2.38. The zero-order valence-corrected chi connectivity index (χ0v) is 17.2. The molecule has 0 bridgehead atoms. The normalized spacial score (nSPS) is 24.2. The Hall–Kier alpha value is -1.98. The van der Waals surface area contributed by atoms with Crippen molar-refractivity contribution in [1.29, 1.82) is 0 Å². The molecule has 28 heavy (non-hydrogen) atoms. The van der Waals surface area contributed by atoms with E-state index in [4.69, 9.17) is 4.98 Å². The van der Waals surface area contributed by atoms with Gasteiger partial charge in [0.05, 0.1) is 11.4 Å². The molecule has 146 valence electrons. The second-order valence-corrected chi connectivity index (χ2v) is 9.27. The van der Waals surface area contributed by atoms with E-state index in [-0.39, 0.29) is 11.6 Å². The maximum Gasteiger partial charge on any atom is 0.260 e. The number of aromatic amines is 1. The molecule has 1 N–H and O–H groups in total. The molecule has 1 saturated heterocycles. The van der Waals surface area contributed by atoms with Gasteiger partial charge in [-0.3, -0.25) is 9.69 Å². The molecular weight excluding hydrogens is 366 g/mol. The lowest BCUT2D eigenvalue weighted by Gasteiger charge is -2.43. The molecular formula is C23H27N3OS. The Morgan fingerprint density at radius 2 is 1.93 bits per heavy atom. The first kappa shape index (κ1) is 18.1. The predicted molar refractivity (Wildman–Crippen MR) is 116 cm³/mol. The average Bonchev–Trinajstić information content (AvgIpc) is 3.18. The van der Waals surface area contributed by atoms with Crippen LogP contribution < -0.4 is 5.56 Å². The lowest BCUT2D eigenvalue weighted by atomic mass is 9.75. The van der Waals surface area contributed by atoms with Crippen molar-refractivity contribution in [2.75, 3.05) is 13.1 Å². The maximum absolute atomic E-state index is 13.0. The van der Waals surface area contributed by atoms with Gasteiger partial charge in [-0.25, -0.2) is 4.98 Å². The van der Waals surface area contributed by atoms with E-state index in [9.17, 15) is 4.79 Å². The molecule has 4 nitrogen and oxygen atoms in total. The van der Waals surface area contributed by atoms with Crippen molar-refractivity contribution >= 4 is 21.6 Å². The molecule has 2 aliphatic rings. The Labute approximate surface area is 169 Å². The molecule has 0 unspecified atom stereocenters. The molecule has 5 rings (SSSR count). The minimum atomic E-state index is -0.0143. The number of fused-ring (bicyclic) bond motifs is 2. The maximum atomic E-state index is 13.0. The summed E-state index contributed by atoms with van der Waals surface area (Å²) < 4.78 is 0. The van der Waals surface area contributed by atoms with Crippen molar-refractivity contribution in [3.63, 3.8) is 0 Å². The summed E-state index contributed by atoms with van der Waals surface area (Å²) in [4.78, 5) is 24.3. The fourth-order valence-corrected chi connectivity index (χ4v) is 6.10. The summed E-state index contributed by atoms with van der Waals surface area (Å²) in [7, 11) is 0. The number of hydrogen-bond acceptors (Lipinski definition) is 4. The first-order valence-electron chi connectivity index (χ1n) is 10.5. The van der Waals surface area contributed by atoms with Gasteiger partial charge in [-0.15, -0.1) is 11.3 Å². The zero-order chi connectivity index (χ0) is 19.1. The highest BCUT2D eigenvalue weighted by Gasteiger charge is 2.33. The van der Waals surface area contributed by atoms with Gasteiger partial charge in [-0.05, 0) is 43.7 Å². The highest BCUT2D eigenvalue weighted by molar-refractivity contribution is 7.17. The van der Waals surface area contributed by atoms with Crippen LogP contribution in [0.4, 0.5) is 0 Å². The molecule has 5 heteroatoms. The van der Waals surface area contributed by atoms with Crippen LogP contribution in [0.1, 0.15) is 50.9 Å². The van der Waals surface area contributed by atoms with E-state index in [1.807, 2.05) is 30.3 Å². The van der Waals surface area contributed by atoms with Crippen LogP contribution >= 0.6 is 11.3 Å². The van der Waals surface area contributed by atoms with E-state index in [0.717, 1.165) is 52.1 Å². The second kappa shape index (κ2) is 7.45. The van der Waals surface area contributed by atoms with Crippen LogP contribution in [-0.2, 0) is 0 Å². The summed E-state index contributed by atoms with van der Waals surface area (Å²) in [5.41, 5.74) is 2.04. The third kappa shape index (κ3) is 3.20. The van der Waals surface area contributed by atoms with E-state index < -0.39 is 0 Å². The molecule has 0 radical (unpaired) electrons. The van der Waals surface area contributed by atoms with Gasteiger partial charge in [0.25, 0.3) is 5.56 Å².